The molecule has 2 aromatic rings. The maximum atomic E-state index is 12.4. The summed E-state index contributed by atoms with van der Waals surface area (Å²) in [5.74, 6) is -0.180. The van der Waals surface area contributed by atoms with Gasteiger partial charge in [0.2, 0.25) is 0 Å². The zero-order valence-corrected chi connectivity index (χ0v) is 16.7. The lowest BCUT2D eigenvalue weighted by molar-refractivity contribution is -0.135. The van der Waals surface area contributed by atoms with Crippen LogP contribution >= 0.6 is 11.6 Å². The van der Waals surface area contributed by atoms with Gasteiger partial charge in [0.15, 0.2) is 5.69 Å². The van der Waals surface area contributed by atoms with Crippen LogP contribution in [0.25, 0.3) is 11.3 Å². The molecule has 0 N–H and O–H groups in total. The number of esters is 1. The lowest BCUT2D eigenvalue weighted by atomic mass is 10.0. The van der Waals surface area contributed by atoms with Crippen LogP contribution in [0.1, 0.15) is 42.7 Å². The van der Waals surface area contributed by atoms with E-state index < -0.39 is 18.6 Å². The monoisotopic (exact) mass is 418 g/mol. The lowest BCUT2D eigenvalue weighted by Gasteiger charge is -2.13. The van der Waals surface area contributed by atoms with E-state index in [4.69, 9.17) is 21.1 Å². The average molecular weight is 419 g/mol. The molecule has 0 saturated carbocycles. The van der Waals surface area contributed by atoms with E-state index in [0.717, 1.165) is 0 Å². The average Bonchev–Trinajstić information content (AvgIpc) is 2.97. The first-order chi connectivity index (χ1) is 13.2. The van der Waals surface area contributed by atoms with Crippen LogP contribution in [0.4, 0.5) is 13.2 Å². The number of ether oxygens (including phenoxy) is 2. The van der Waals surface area contributed by atoms with E-state index in [-0.39, 0.29) is 30.2 Å². The van der Waals surface area contributed by atoms with E-state index in [0.29, 0.717) is 29.1 Å². The molecule has 28 heavy (non-hydrogen) atoms. The molecule has 1 aromatic heterocycles. The second kappa shape index (κ2) is 9.32. The van der Waals surface area contributed by atoms with Crippen LogP contribution in [-0.2, 0) is 17.7 Å². The summed E-state index contributed by atoms with van der Waals surface area (Å²) in [6, 6.07) is 5.12. The maximum absolute atomic E-state index is 12.4. The van der Waals surface area contributed by atoms with Crippen LogP contribution in [0, 0.1) is 0 Å². The van der Waals surface area contributed by atoms with Gasteiger partial charge in [0, 0.05) is 18.5 Å². The summed E-state index contributed by atoms with van der Waals surface area (Å²) in [6.45, 7) is 4.17. The van der Waals surface area contributed by atoms with Crippen molar-refractivity contribution in [2.45, 2.75) is 45.8 Å². The lowest BCUT2D eigenvalue weighted by Crippen LogP contribution is -2.07. The van der Waals surface area contributed by atoms with Gasteiger partial charge in [-0.15, -0.1) is 0 Å². The molecule has 0 spiro atoms. The third-order valence-corrected chi connectivity index (χ3v) is 4.47. The molecule has 154 valence electrons. The molecule has 0 aliphatic rings. The Bertz CT molecular complexity index is 835. The van der Waals surface area contributed by atoms with Crippen molar-refractivity contribution in [1.29, 1.82) is 0 Å². The number of methoxy groups -OCH3 is 1. The molecule has 0 radical (unpaired) electrons. The Morgan fingerprint density at radius 1 is 1.29 bits per heavy atom. The molecule has 0 unspecified atom stereocenters. The quantitative estimate of drug-likeness (QED) is 0.546. The minimum Gasteiger partial charge on any atom is -0.496 e. The van der Waals surface area contributed by atoms with Crippen molar-refractivity contribution in [3.05, 3.63) is 34.5 Å². The topological polar surface area (TPSA) is 53.3 Å². The van der Waals surface area contributed by atoms with Crippen molar-refractivity contribution in [1.82, 2.24) is 9.78 Å². The molecular formula is C19H22ClF3N2O3. The van der Waals surface area contributed by atoms with Crippen LogP contribution in [-0.4, -0.2) is 35.6 Å². The van der Waals surface area contributed by atoms with Gasteiger partial charge < -0.3 is 9.47 Å². The number of nitrogens with zero attached hydrogens (tertiary/aromatic N) is 2. The summed E-state index contributed by atoms with van der Waals surface area (Å²) in [4.78, 5) is 12.1. The van der Waals surface area contributed by atoms with Gasteiger partial charge in [0.1, 0.15) is 10.8 Å². The molecule has 0 aliphatic heterocycles. The highest BCUT2D eigenvalue weighted by Crippen LogP contribution is 2.38. The first-order valence-electron chi connectivity index (χ1n) is 8.89. The maximum Gasteiger partial charge on any atom is 0.389 e. The highest BCUT2D eigenvalue weighted by molar-refractivity contribution is 6.36. The molecule has 9 heteroatoms. The van der Waals surface area contributed by atoms with Gasteiger partial charge in [0.05, 0.1) is 19.4 Å². The molecule has 0 fully saturated rings. The first-order valence-corrected chi connectivity index (χ1v) is 9.27. The van der Waals surface area contributed by atoms with E-state index in [2.05, 4.69) is 5.10 Å². The highest BCUT2D eigenvalue weighted by Gasteiger charge is 2.27. The Morgan fingerprint density at radius 3 is 2.57 bits per heavy atom. The van der Waals surface area contributed by atoms with Gasteiger partial charge >= 0.3 is 12.1 Å². The smallest absolute Gasteiger partial charge is 0.389 e. The number of hydrogen-bond donors (Lipinski definition) is 0. The normalized spacial score (nSPS) is 11.5. The Morgan fingerprint density at radius 2 is 2.00 bits per heavy atom. The van der Waals surface area contributed by atoms with E-state index in [9.17, 15) is 18.0 Å². The first kappa shape index (κ1) is 22.1. The molecule has 0 aliphatic carbocycles. The van der Waals surface area contributed by atoms with E-state index in [1.807, 2.05) is 6.92 Å². The zero-order valence-electron chi connectivity index (χ0n) is 15.9. The van der Waals surface area contributed by atoms with Crippen molar-refractivity contribution in [2.24, 2.45) is 0 Å². The summed E-state index contributed by atoms with van der Waals surface area (Å²) < 4.78 is 49.0. The molecule has 0 saturated heterocycles. The Labute approximate surface area is 166 Å². The Hall–Kier alpha value is -2.22. The summed E-state index contributed by atoms with van der Waals surface area (Å²) in [5, 5.41) is 4.37. The third kappa shape index (κ3) is 5.19. The van der Waals surface area contributed by atoms with E-state index in [1.54, 1.807) is 29.8 Å². The van der Waals surface area contributed by atoms with Crippen molar-refractivity contribution in [3.8, 4) is 17.0 Å². The number of carbonyl (C=O) groups is 1. The molecular weight excluding hydrogens is 397 g/mol. The number of aromatic nitrogens is 2. The fourth-order valence-corrected chi connectivity index (χ4v) is 3.15. The van der Waals surface area contributed by atoms with Gasteiger partial charge in [-0.1, -0.05) is 17.7 Å². The number of halogens is 4. The van der Waals surface area contributed by atoms with Crippen LogP contribution in [0.3, 0.4) is 0 Å². The van der Waals surface area contributed by atoms with Gasteiger partial charge in [-0.05, 0) is 44.4 Å². The predicted molar refractivity (Wildman–Crippen MR) is 99.8 cm³/mol. The van der Waals surface area contributed by atoms with E-state index in [1.165, 1.54) is 7.11 Å². The highest BCUT2D eigenvalue weighted by atomic mass is 35.5. The fourth-order valence-electron chi connectivity index (χ4n) is 2.84. The SMILES string of the molecule is CCOC(=O)c1nn(CC)c(-c2ccc(CCCC(F)(F)F)cc2OC)c1Cl. The predicted octanol–water partition coefficient (Wildman–Crippen LogP) is 5.29. The largest absolute Gasteiger partial charge is 0.496 e. The summed E-state index contributed by atoms with van der Waals surface area (Å²) >= 11 is 6.41. The summed E-state index contributed by atoms with van der Waals surface area (Å²) in [6.07, 6.45) is -4.75. The molecule has 0 atom stereocenters. The molecule has 0 bridgehead atoms. The summed E-state index contributed by atoms with van der Waals surface area (Å²) in [7, 11) is 1.46. The molecule has 1 heterocycles. The van der Waals surface area contributed by atoms with Gasteiger partial charge in [0.25, 0.3) is 0 Å². The molecule has 2 rings (SSSR count). The third-order valence-electron chi connectivity index (χ3n) is 4.11. The number of hydrogen-bond acceptors (Lipinski definition) is 4. The minimum absolute atomic E-state index is 0.00729. The number of benzene rings is 1. The van der Waals surface area contributed by atoms with Gasteiger partial charge in [-0.3, -0.25) is 4.68 Å². The van der Waals surface area contributed by atoms with Crippen molar-refractivity contribution < 1.29 is 27.4 Å². The van der Waals surface area contributed by atoms with E-state index >= 15 is 0 Å². The van der Waals surface area contributed by atoms with Gasteiger partial charge in [-0.25, -0.2) is 4.79 Å². The van der Waals surface area contributed by atoms with Crippen molar-refractivity contribution in [3.63, 3.8) is 0 Å². The van der Waals surface area contributed by atoms with Crippen molar-refractivity contribution in [2.75, 3.05) is 13.7 Å². The van der Waals surface area contributed by atoms with Crippen LogP contribution in [0.5, 0.6) is 5.75 Å². The van der Waals surface area contributed by atoms with Crippen LogP contribution in [0.2, 0.25) is 5.02 Å². The molecule has 5 nitrogen and oxygen atoms in total. The van der Waals surface area contributed by atoms with Crippen molar-refractivity contribution >= 4 is 17.6 Å². The number of carbonyl (C=O) groups excluding carboxylic acids is 1. The standard InChI is InChI=1S/C19H22ClF3N2O3/c1-4-25-17(15(20)16(24-25)18(26)28-5-2)13-9-8-12(11-14(13)27-3)7-6-10-19(21,22)23/h8-9,11H,4-7,10H2,1-3H3. The summed E-state index contributed by atoms with van der Waals surface area (Å²) in [5.41, 5.74) is 1.81. The number of rotatable bonds is 8. The zero-order chi connectivity index (χ0) is 20.9. The van der Waals surface area contributed by atoms with Gasteiger partial charge in [-0.2, -0.15) is 18.3 Å². The fraction of sp³-hybridized carbons (Fsp3) is 0.474. The second-order valence-electron chi connectivity index (χ2n) is 6.05. The van der Waals surface area contributed by atoms with Crippen LogP contribution < -0.4 is 4.74 Å². The number of alkyl halides is 3. The molecule has 0 amide bonds. The Balaban J connectivity index is 2.38. The minimum atomic E-state index is -4.17. The molecule has 1 aromatic carbocycles. The van der Waals surface area contributed by atoms with Crippen LogP contribution in [0.15, 0.2) is 18.2 Å². The number of aryl methyl sites for hydroxylation is 2. The second-order valence-corrected chi connectivity index (χ2v) is 6.43. The Kier molecular flexibility index (Phi) is 7.35.